The van der Waals surface area contributed by atoms with Gasteiger partial charge in [-0.15, -0.1) is 0 Å². The van der Waals surface area contributed by atoms with Gasteiger partial charge in [-0.2, -0.15) is 0 Å². The molecule has 1 unspecified atom stereocenters. The predicted molar refractivity (Wildman–Crippen MR) is 79.6 cm³/mol. The average molecular weight is 264 g/mol. The Morgan fingerprint density at radius 2 is 2.00 bits per heavy atom. The molecule has 3 heterocycles. The molecule has 2 aromatic heterocycles. The normalized spacial score (nSPS) is 18.7. The number of rotatable bonds is 2. The number of hydrogen-bond donors (Lipinski definition) is 2. The Balaban J connectivity index is 1.76. The van der Waals surface area contributed by atoms with E-state index in [1.165, 1.54) is 5.56 Å². The fourth-order valence-electron chi connectivity index (χ4n) is 2.79. The first kappa shape index (κ1) is 11.6. The van der Waals surface area contributed by atoms with Crippen LogP contribution in [-0.4, -0.2) is 28.0 Å². The first-order chi connectivity index (χ1) is 9.90. The number of pyridine rings is 1. The van der Waals surface area contributed by atoms with Gasteiger partial charge in [0, 0.05) is 24.2 Å². The zero-order chi connectivity index (χ0) is 13.4. The second kappa shape index (κ2) is 4.72. The summed E-state index contributed by atoms with van der Waals surface area (Å²) in [6.45, 7) is 2.08. The molecule has 1 saturated heterocycles. The summed E-state index contributed by atoms with van der Waals surface area (Å²) in [5, 5.41) is 3.37. The van der Waals surface area contributed by atoms with Crippen LogP contribution >= 0.6 is 0 Å². The Hall–Kier alpha value is -2.20. The number of nitrogens with one attached hydrogen (secondary N) is 2. The number of imidazole rings is 1. The Bertz CT molecular complexity index is 727. The van der Waals surface area contributed by atoms with Crippen molar-refractivity contribution in [2.24, 2.45) is 0 Å². The van der Waals surface area contributed by atoms with E-state index in [4.69, 9.17) is 0 Å². The summed E-state index contributed by atoms with van der Waals surface area (Å²) >= 11 is 0. The van der Waals surface area contributed by atoms with E-state index in [0.717, 1.165) is 42.1 Å². The van der Waals surface area contributed by atoms with Crippen molar-refractivity contribution in [3.05, 3.63) is 48.4 Å². The number of aromatic nitrogens is 3. The maximum atomic E-state index is 4.62. The summed E-state index contributed by atoms with van der Waals surface area (Å²) in [7, 11) is 0. The molecular weight excluding hydrogens is 248 g/mol. The van der Waals surface area contributed by atoms with Crippen LogP contribution in [0.25, 0.3) is 22.3 Å². The minimum atomic E-state index is 0.490. The zero-order valence-corrected chi connectivity index (χ0v) is 11.1. The quantitative estimate of drug-likeness (QED) is 0.748. The lowest BCUT2D eigenvalue weighted by molar-refractivity contribution is 0.717. The molecule has 1 atom stereocenters. The highest BCUT2D eigenvalue weighted by atomic mass is 15.0. The van der Waals surface area contributed by atoms with Crippen LogP contribution in [0.4, 0.5) is 0 Å². The van der Waals surface area contributed by atoms with Crippen LogP contribution in [0.3, 0.4) is 0 Å². The smallest absolute Gasteiger partial charge is 0.177 e. The van der Waals surface area contributed by atoms with Gasteiger partial charge in [0.15, 0.2) is 5.65 Å². The summed E-state index contributed by atoms with van der Waals surface area (Å²) in [6.07, 6.45) is 3.04. The molecule has 0 bridgehead atoms. The standard InChI is InChI=1S/C16H16N4/c1-2-4-11(5-3-1)13-8-14-16(18-10-13)20-15(19-14)12-6-7-17-9-12/h1-5,8,10,12,17H,6-7,9H2,(H,18,19,20). The highest BCUT2D eigenvalue weighted by molar-refractivity contribution is 5.78. The molecule has 3 aromatic rings. The van der Waals surface area contributed by atoms with Gasteiger partial charge >= 0.3 is 0 Å². The van der Waals surface area contributed by atoms with Crippen LogP contribution in [0.15, 0.2) is 42.6 Å². The lowest BCUT2D eigenvalue weighted by Crippen LogP contribution is -2.08. The van der Waals surface area contributed by atoms with Crippen LogP contribution in [0.2, 0.25) is 0 Å². The van der Waals surface area contributed by atoms with E-state index in [1.54, 1.807) is 0 Å². The van der Waals surface area contributed by atoms with Crippen molar-refractivity contribution in [3.63, 3.8) is 0 Å². The van der Waals surface area contributed by atoms with Crippen LogP contribution in [0.1, 0.15) is 18.2 Å². The SMILES string of the molecule is c1ccc(-c2cnc3nc(C4CCNC4)[nH]c3c2)cc1. The Morgan fingerprint density at radius 1 is 1.10 bits per heavy atom. The monoisotopic (exact) mass is 264 g/mol. The lowest BCUT2D eigenvalue weighted by atomic mass is 10.1. The molecule has 0 radical (unpaired) electrons. The van der Waals surface area contributed by atoms with Gasteiger partial charge in [0.25, 0.3) is 0 Å². The van der Waals surface area contributed by atoms with Crippen LogP contribution < -0.4 is 5.32 Å². The molecule has 0 saturated carbocycles. The third-order valence-electron chi connectivity index (χ3n) is 3.91. The summed E-state index contributed by atoms with van der Waals surface area (Å²) in [4.78, 5) is 12.5. The van der Waals surface area contributed by atoms with E-state index in [2.05, 4.69) is 38.5 Å². The molecule has 0 amide bonds. The van der Waals surface area contributed by atoms with Gasteiger partial charge in [0.1, 0.15) is 5.82 Å². The zero-order valence-electron chi connectivity index (χ0n) is 11.1. The Morgan fingerprint density at radius 3 is 2.80 bits per heavy atom. The molecule has 0 aliphatic carbocycles. The molecule has 1 aliphatic rings. The first-order valence-corrected chi connectivity index (χ1v) is 7.02. The molecule has 4 nitrogen and oxygen atoms in total. The van der Waals surface area contributed by atoms with Crippen LogP contribution in [0.5, 0.6) is 0 Å². The molecular formula is C16H16N4. The fraction of sp³-hybridized carbons (Fsp3) is 0.250. The molecule has 0 spiro atoms. The highest BCUT2D eigenvalue weighted by Crippen LogP contribution is 2.25. The maximum Gasteiger partial charge on any atom is 0.177 e. The lowest BCUT2D eigenvalue weighted by Gasteiger charge is -2.01. The van der Waals surface area contributed by atoms with Crippen molar-refractivity contribution in [2.45, 2.75) is 12.3 Å². The van der Waals surface area contributed by atoms with Crippen molar-refractivity contribution in [1.29, 1.82) is 0 Å². The van der Waals surface area contributed by atoms with E-state index in [0.29, 0.717) is 5.92 Å². The number of aromatic amines is 1. The predicted octanol–water partition coefficient (Wildman–Crippen LogP) is 2.70. The number of fused-ring (bicyclic) bond motifs is 1. The molecule has 4 rings (SSSR count). The fourth-order valence-corrected chi connectivity index (χ4v) is 2.79. The van der Waals surface area contributed by atoms with Crippen molar-refractivity contribution in [1.82, 2.24) is 20.3 Å². The number of H-pyrrole nitrogens is 1. The van der Waals surface area contributed by atoms with E-state index in [9.17, 15) is 0 Å². The third kappa shape index (κ3) is 1.98. The number of benzene rings is 1. The second-order valence-corrected chi connectivity index (χ2v) is 5.27. The second-order valence-electron chi connectivity index (χ2n) is 5.27. The molecule has 1 aliphatic heterocycles. The van der Waals surface area contributed by atoms with Crippen molar-refractivity contribution in [2.75, 3.05) is 13.1 Å². The van der Waals surface area contributed by atoms with E-state index in [-0.39, 0.29) is 0 Å². The van der Waals surface area contributed by atoms with Gasteiger partial charge in [0.05, 0.1) is 5.52 Å². The number of hydrogen-bond acceptors (Lipinski definition) is 3. The highest BCUT2D eigenvalue weighted by Gasteiger charge is 2.20. The minimum absolute atomic E-state index is 0.490. The van der Waals surface area contributed by atoms with Gasteiger partial charge in [-0.1, -0.05) is 30.3 Å². The van der Waals surface area contributed by atoms with Gasteiger partial charge in [-0.25, -0.2) is 9.97 Å². The summed E-state index contributed by atoms with van der Waals surface area (Å²) < 4.78 is 0. The topological polar surface area (TPSA) is 53.6 Å². The van der Waals surface area contributed by atoms with Crippen LogP contribution in [0, 0.1) is 0 Å². The minimum Gasteiger partial charge on any atom is -0.340 e. The number of nitrogens with zero attached hydrogens (tertiary/aromatic N) is 2. The molecule has 2 N–H and O–H groups in total. The van der Waals surface area contributed by atoms with E-state index in [1.807, 2.05) is 24.4 Å². The van der Waals surface area contributed by atoms with Crippen molar-refractivity contribution < 1.29 is 0 Å². The molecule has 100 valence electrons. The summed E-state index contributed by atoms with van der Waals surface area (Å²) in [6, 6.07) is 12.4. The Labute approximate surface area is 117 Å². The van der Waals surface area contributed by atoms with Gasteiger partial charge in [-0.05, 0) is 24.6 Å². The van der Waals surface area contributed by atoms with E-state index >= 15 is 0 Å². The average Bonchev–Trinajstić information content (AvgIpc) is 3.16. The van der Waals surface area contributed by atoms with E-state index < -0.39 is 0 Å². The molecule has 1 fully saturated rings. The van der Waals surface area contributed by atoms with Gasteiger partial charge in [-0.3, -0.25) is 0 Å². The van der Waals surface area contributed by atoms with Crippen LogP contribution in [-0.2, 0) is 0 Å². The Kier molecular flexibility index (Phi) is 2.74. The van der Waals surface area contributed by atoms with Gasteiger partial charge < -0.3 is 10.3 Å². The largest absolute Gasteiger partial charge is 0.340 e. The summed E-state index contributed by atoms with van der Waals surface area (Å²) in [5.74, 6) is 1.55. The molecule has 20 heavy (non-hydrogen) atoms. The van der Waals surface area contributed by atoms with Crippen molar-refractivity contribution >= 4 is 11.2 Å². The van der Waals surface area contributed by atoms with Gasteiger partial charge in [0.2, 0.25) is 0 Å². The van der Waals surface area contributed by atoms with Crippen molar-refractivity contribution in [3.8, 4) is 11.1 Å². The maximum absolute atomic E-state index is 4.62. The third-order valence-corrected chi connectivity index (χ3v) is 3.91. The molecule has 1 aromatic carbocycles. The molecule has 4 heteroatoms. The first-order valence-electron chi connectivity index (χ1n) is 7.02. The summed E-state index contributed by atoms with van der Waals surface area (Å²) in [5.41, 5.74) is 4.14.